The van der Waals surface area contributed by atoms with E-state index in [0.29, 0.717) is 5.88 Å². The van der Waals surface area contributed by atoms with Crippen molar-refractivity contribution >= 4 is 39.3 Å². The van der Waals surface area contributed by atoms with Crippen molar-refractivity contribution in [2.24, 2.45) is 0 Å². The van der Waals surface area contributed by atoms with Crippen LogP contribution in [0.1, 0.15) is 37.7 Å². The Morgan fingerprint density at radius 3 is 2.92 bits per heavy atom. The molecule has 1 unspecified atom stereocenters. The highest BCUT2D eigenvalue weighted by Gasteiger charge is 2.18. The van der Waals surface area contributed by atoms with Gasteiger partial charge in [0.1, 0.15) is 5.75 Å². The van der Waals surface area contributed by atoms with Gasteiger partial charge in [0.2, 0.25) is 5.88 Å². The summed E-state index contributed by atoms with van der Waals surface area (Å²) >= 11 is 2.57. The minimum absolute atomic E-state index is 0.245. The molecule has 0 aromatic heterocycles. The fraction of sp³-hybridized carbons (Fsp3) is 0.438. The molecule has 1 heterocycles. The van der Waals surface area contributed by atoms with E-state index >= 15 is 0 Å². The van der Waals surface area contributed by atoms with Gasteiger partial charge < -0.3 is 14.7 Å². The number of thiol groups is 1. The lowest BCUT2D eigenvalue weighted by Gasteiger charge is -2.09. The molecule has 1 saturated heterocycles. The van der Waals surface area contributed by atoms with E-state index in [0.717, 1.165) is 47.2 Å². The number of unbranched alkanes of at least 4 members (excludes halogenated alkanes) is 3. The highest BCUT2D eigenvalue weighted by Crippen LogP contribution is 2.35. The lowest BCUT2D eigenvalue weighted by Crippen LogP contribution is -2.04. The lowest BCUT2D eigenvalue weighted by atomic mass is 10.2. The molecular weight excluding hydrogens is 398 g/mol. The van der Waals surface area contributed by atoms with E-state index in [2.05, 4.69) is 20.7 Å². The Kier molecular flexibility index (Phi) is 7.74. The molecule has 0 radical (unpaired) electrons. The number of methoxy groups -OCH3 is 1. The monoisotopic (exact) mass is 419 g/mol. The normalized spacial score (nSPS) is 19.8. The first-order valence-corrected chi connectivity index (χ1v) is 9.98. The summed E-state index contributed by atoms with van der Waals surface area (Å²) in [5, 5.41) is 8.58. The molecule has 6 nitrogen and oxygen atoms in total. The Bertz CT molecular complexity index is 596. The summed E-state index contributed by atoms with van der Waals surface area (Å²) in [4.78, 5) is 15.7. The Morgan fingerprint density at radius 1 is 1.38 bits per heavy atom. The standard InChI is InChI=1S/C16H22BrNO5S/c1-21-14-11-13(17)8-7-12(14)10-15-18-24(23-22-15)9-5-3-2-4-6-16(19)20/h7-8,10-11,18,24H,2-6,9H2,1H3,(H,19,20)/b15-10-. The van der Waals surface area contributed by atoms with Crippen LogP contribution in [0.15, 0.2) is 28.6 Å². The summed E-state index contributed by atoms with van der Waals surface area (Å²) in [6.07, 6.45) is 5.73. The van der Waals surface area contributed by atoms with E-state index in [1.165, 1.54) is 0 Å². The van der Waals surface area contributed by atoms with Gasteiger partial charge in [-0.2, -0.15) is 0 Å². The van der Waals surface area contributed by atoms with Gasteiger partial charge in [-0.15, -0.1) is 4.33 Å². The average Bonchev–Trinajstić information content (AvgIpc) is 2.99. The Hall–Kier alpha value is -1.38. The van der Waals surface area contributed by atoms with Gasteiger partial charge in [-0.05, 0) is 42.4 Å². The second kappa shape index (κ2) is 9.80. The Morgan fingerprint density at radius 2 is 2.17 bits per heavy atom. The summed E-state index contributed by atoms with van der Waals surface area (Å²) in [6.45, 7) is 0. The van der Waals surface area contributed by atoms with Crippen LogP contribution in [0, 0.1) is 0 Å². The number of hydrogen-bond donors (Lipinski definition) is 3. The number of benzene rings is 1. The van der Waals surface area contributed by atoms with Crippen molar-refractivity contribution in [1.82, 2.24) is 4.72 Å². The predicted octanol–water partition coefficient (Wildman–Crippen LogP) is 4.17. The van der Waals surface area contributed by atoms with E-state index in [1.807, 2.05) is 24.3 Å². The predicted molar refractivity (Wildman–Crippen MR) is 98.6 cm³/mol. The molecule has 1 atom stereocenters. The third-order valence-electron chi connectivity index (χ3n) is 3.44. The van der Waals surface area contributed by atoms with Crippen LogP contribution in [0.2, 0.25) is 0 Å². The van der Waals surface area contributed by atoms with Gasteiger partial charge in [-0.3, -0.25) is 9.52 Å². The molecular formula is C16H22BrNO5S. The van der Waals surface area contributed by atoms with Crippen LogP contribution in [0.4, 0.5) is 0 Å². The van der Waals surface area contributed by atoms with Crippen molar-refractivity contribution in [3.63, 3.8) is 0 Å². The van der Waals surface area contributed by atoms with E-state index in [4.69, 9.17) is 19.1 Å². The molecule has 1 fully saturated rings. The molecule has 1 aliphatic rings. The Labute approximate surface area is 152 Å². The van der Waals surface area contributed by atoms with Crippen LogP contribution in [0.25, 0.3) is 6.08 Å². The molecule has 1 aromatic rings. The molecule has 1 aromatic carbocycles. The Balaban J connectivity index is 1.75. The number of nitrogens with one attached hydrogen (secondary N) is 1. The number of carboxylic acid groups (broad SMARTS) is 1. The van der Waals surface area contributed by atoms with E-state index < -0.39 is 17.3 Å². The summed E-state index contributed by atoms with van der Waals surface area (Å²) < 4.78 is 14.9. The van der Waals surface area contributed by atoms with Gasteiger partial charge >= 0.3 is 5.97 Å². The summed E-state index contributed by atoms with van der Waals surface area (Å²) in [5.41, 5.74) is 0.900. The maximum absolute atomic E-state index is 10.4. The average molecular weight is 420 g/mol. The van der Waals surface area contributed by atoms with E-state index in [1.54, 1.807) is 7.11 Å². The summed E-state index contributed by atoms with van der Waals surface area (Å²) in [5.74, 6) is 1.47. The van der Waals surface area contributed by atoms with Crippen molar-refractivity contribution in [1.29, 1.82) is 0 Å². The first-order valence-electron chi connectivity index (χ1n) is 7.74. The van der Waals surface area contributed by atoms with Gasteiger partial charge in [0.05, 0.1) is 7.11 Å². The number of carboxylic acids is 1. The van der Waals surface area contributed by atoms with Crippen molar-refractivity contribution in [3.05, 3.63) is 34.1 Å². The van der Waals surface area contributed by atoms with Gasteiger partial charge in [0.25, 0.3) is 0 Å². The van der Waals surface area contributed by atoms with E-state index in [-0.39, 0.29) is 6.42 Å². The maximum atomic E-state index is 10.4. The van der Waals surface area contributed by atoms with Gasteiger partial charge in [0.15, 0.2) is 0 Å². The molecule has 2 rings (SSSR count). The highest BCUT2D eigenvalue weighted by molar-refractivity contribution is 9.10. The number of hydrogen-bond acceptors (Lipinski definition) is 5. The van der Waals surface area contributed by atoms with Crippen molar-refractivity contribution in [2.75, 3.05) is 12.9 Å². The zero-order valence-corrected chi connectivity index (χ0v) is 15.9. The number of halogens is 1. The van der Waals surface area contributed by atoms with Crippen molar-refractivity contribution in [3.8, 4) is 5.75 Å². The van der Waals surface area contributed by atoms with Crippen molar-refractivity contribution in [2.45, 2.75) is 32.1 Å². The lowest BCUT2D eigenvalue weighted by molar-refractivity contribution is -0.137. The first kappa shape index (κ1) is 19.0. The fourth-order valence-electron chi connectivity index (χ4n) is 2.23. The third kappa shape index (κ3) is 6.26. The molecule has 24 heavy (non-hydrogen) atoms. The smallest absolute Gasteiger partial charge is 0.303 e. The number of ether oxygens (including phenoxy) is 1. The van der Waals surface area contributed by atoms with Crippen molar-refractivity contribution < 1.29 is 23.9 Å². The molecule has 2 N–H and O–H groups in total. The molecule has 0 saturated carbocycles. The quantitative estimate of drug-likeness (QED) is 0.316. The maximum Gasteiger partial charge on any atom is 0.303 e. The largest absolute Gasteiger partial charge is 0.496 e. The molecule has 1 aliphatic heterocycles. The highest BCUT2D eigenvalue weighted by atomic mass is 79.9. The summed E-state index contributed by atoms with van der Waals surface area (Å²) in [6, 6.07) is 5.76. The van der Waals surface area contributed by atoms with Crippen LogP contribution in [-0.2, 0) is 14.0 Å². The van der Waals surface area contributed by atoms with Gasteiger partial charge in [-0.25, -0.2) is 0 Å². The molecule has 0 amide bonds. The first-order chi connectivity index (χ1) is 11.6. The molecule has 0 aliphatic carbocycles. The fourth-order valence-corrected chi connectivity index (χ4v) is 3.82. The minimum Gasteiger partial charge on any atom is -0.496 e. The molecule has 0 bridgehead atoms. The topological polar surface area (TPSA) is 77.0 Å². The molecule has 0 spiro atoms. The van der Waals surface area contributed by atoms with Crippen LogP contribution >= 0.6 is 27.3 Å². The van der Waals surface area contributed by atoms with Crippen LogP contribution in [0.3, 0.4) is 0 Å². The second-order valence-corrected chi connectivity index (χ2v) is 7.82. The van der Waals surface area contributed by atoms with E-state index in [9.17, 15) is 4.79 Å². The zero-order valence-electron chi connectivity index (χ0n) is 13.5. The van der Waals surface area contributed by atoms with Gasteiger partial charge in [-0.1, -0.05) is 28.8 Å². The molecule has 134 valence electrons. The number of rotatable bonds is 9. The zero-order chi connectivity index (χ0) is 17.4. The molecule has 8 heteroatoms. The summed E-state index contributed by atoms with van der Waals surface area (Å²) in [7, 11) is 1.63. The van der Waals surface area contributed by atoms with Crippen LogP contribution < -0.4 is 9.46 Å². The van der Waals surface area contributed by atoms with Crippen LogP contribution in [0.5, 0.6) is 5.75 Å². The van der Waals surface area contributed by atoms with Gasteiger partial charge in [0, 0.05) is 28.3 Å². The number of aliphatic carboxylic acids is 1. The SMILES string of the molecule is COc1cc(Br)ccc1/C=C1/N[SH](CCCCCCC(=O)O)OO1. The second-order valence-electron chi connectivity index (χ2n) is 5.32. The third-order valence-corrected chi connectivity index (χ3v) is 5.38. The number of carbonyl (C=O) groups is 1. The van der Waals surface area contributed by atoms with Crippen LogP contribution in [-0.4, -0.2) is 23.9 Å². The minimum atomic E-state index is -0.841.